The summed E-state index contributed by atoms with van der Waals surface area (Å²) in [5, 5.41) is 11.8. The minimum atomic E-state index is -1.00. The minimum absolute atomic E-state index is 0.351. The van der Waals surface area contributed by atoms with Crippen LogP contribution in [0.25, 0.3) is 0 Å². The van der Waals surface area contributed by atoms with Crippen LogP contribution in [0, 0.1) is 0 Å². The Balaban J connectivity index is 2.14. The molecule has 8 heteroatoms. The van der Waals surface area contributed by atoms with Crippen molar-refractivity contribution in [3.05, 3.63) is 18.2 Å². The summed E-state index contributed by atoms with van der Waals surface area (Å²) < 4.78 is 10.2. The van der Waals surface area contributed by atoms with Crippen LogP contribution in [-0.2, 0) is 4.79 Å². The highest BCUT2D eigenvalue weighted by Gasteiger charge is 2.34. The zero-order chi connectivity index (χ0) is 15.4. The molecule has 1 saturated heterocycles. The number of nitrogens with zero attached hydrogens (tertiary/aromatic N) is 1. The van der Waals surface area contributed by atoms with E-state index in [0.717, 1.165) is 0 Å². The Morgan fingerprint density at radius 2 is 1.90 bits per heavy atom. The van der Waals surface area contributed by atoms with Crippen molar-refractivity contribution in [2.45, 2.75) is 6.04 Å². The third-order valence-electron chi connectivity index (χ3n) is 3.03. The van der Waals surface area contributed by atoms with Crippen molar-refractivity contribution < 1.29 is 24.2 Å². The van der Waals surface area contributed by atoms with Gasteiger partial charge in [-0.05, 0) is 0 Å². The average Bonchev–Trinajstić information content (AvgIpc) is 2.96. The third kappa shape index (κ3) is 3.52. The van der Waals surface area contributed by atoms with E-state index in [1.54, 1.807) is 18.2 Å². The predicted octanol–water partition coefficient (Wildman–Crippen LogP) is 1.70. The van der Waals surface area contributed by atoms with Gasteiger partial charge in [0.2, 0.25) is 0 Å². The summed E-state index contributed by atoms with van der Waals surface area (Å²) in [5.74, 6) is 0.817. The molecule has 2 N–H and O–H groups in total. The standard InChI is InChI=1S/C13H16N2O5S/c1-19-9-3-8(4-10(5-9)20-2)14-13(18)15-7-21-6-11(15)12(16)17/h3-5,11H,6-7H2,1-2H3,(H,14,18)(H,16,17)/t11-/m0/s1. The molecule has 0 spiro atoms. The summed E-state index contributed by atoms with van der Waals surface area (Å²) >= 11 is 1.41. The van der Waals surface area contributed by atoms with E-state index >= 15 is 0 Å². The highest BCUT2D eigenvalue weighted by molar-refractivity contribution is 7.99. The van der Waals surface area contributed by atoms with Crippen molar-refractivity contribution in [1.29, 1.82) is 0 Å². The molecule has 1 aromatic rings. The van der Waals surface area contributed by atoms with E-state index in [2.05, 4.69) is 5.32 Å². The molecule has 21 heavy (non-hydrogen) atoms. The molecule has 2 amide bonds. The molecule has 0 saturated carbocycles. The fourth-order valence-corrected chi connectivity index (χ4v) is 3.07. The number of anilines is 1. The first kappa shape index (κ1) is 15.3. The molecule has 0 radical (unpaired) electrons. The normalized spacial score (nSPS) is 17.4. The fraction of sp³-hybridized carbons (Fsp3) is 0.385. The Morgan fingerprint density at radius 3 is 2.43 bits per heavy atom. The van der Waals surface area contributed by atoms with Gasteiger partial charge >= 0.3 is 12.0 Å². The number of ether oxygens (including phenoxy) is 2. The minimum Gasteiger partial charge on any atom is -0.497 e. The number of aliphatic carboxylic acids is 1. The summed E-state index contributed by atoms with van der Waals surface area (Å²) in [5.41, 5.74) is 0.484. The van der Waals surface area contributed by atoms with Crippen molar-refractivity contribution in [3.63, 3.8) is 0 Å². The number of carboxylic acid groups (broad SMARTS) is 1. The van der Waals surface area contributed by atoms with Crippen LogP contribution in [0.5, 0.6) is 11.5 Å². The SMILES string of the molecule is COc1cc(NC(=O)N2CSC[C@H]2C(=O)O)cc(OC)c1. The van der Waals surface area contributed by atoms with Crippen LogP contribution in [-0.4, -0.2) is 53.9 Å². The first-order chi connectivity index (χ1) is 10.0. The van der Waals surface area contributed by atoms with Crippen molar-refractivity contribution in [2.75, 3.05) is 31.2 Å². The zero-order valence-electron chi connectivity index (χ0n) is 11.7. The lowest BCUT2D eigenvalue weighted by atomic mass is 10.2. The van der Waals surface area contributed by atoms with Crippen molar-refractivity contribution in [1.82, 2.24) is 4.90 Å². The number of urea groups is 1. The highest BCUT2D eigenvalue weighted by atomic mass is 32.2. The Morgan fingerprint density at radius 1 is 1.29 bits per heavy atom. The number of carbonyl (C=O) groups excluding carboxylic acids is 1. The van der Waals surface area contributed by atoms with Gasteiger partial charge in [0.05, 0.1) is 20.1 Å². The molecule has 1 aliphatic rings. The molecular weight excluding hydrogens is 296 g/mol. The van der Waals surface area contributed by atoms with Crippen LogP contribution in [0.15, 0.2) is 18.2 Å². The second-order valence-corrected chi connectivity index (χ2v) is 5.35. The first-order valence-corrected chi connectivity index (χ1v) is 7.32. The van der Waals surface area contributed by atoms with E-state index in [9.17, 15) is 9.59 Å². The van der Waals surface area contributed by atoms with E-state index < -0.39 is 18.0 Å². The number of carbonyl (C=O) groups is 2. The summed E-state index contributed by atoms with van der Waals surface area (Å²) in [6, 6.07) is 3.70. The molecule has 114 valence electrons. The summed E-state index contributed by atoms with van der Waals surface area (Å²) in [7, 11) is 3.02. The van der Waals surface area contributed by atoms with Gasteiger partial charge in [0.25, 0.3) is 0 Å². The number of amides is 2. The van der Waals surface area contributed by atoms with Gasteiger partial charge in [-0.25, -0.2) is 9.59 Å². The van der Waals surface area contributed by atoms with E-state index in [0.29, 0.717) is 28.8 Å². The summed E-state index contributed by atoms with van der Waals surface area (Å²) in [4.78, 5) is 24.6. The van der Waals surface area contributed by atoms with Crippen molar-refractivity contribution in [3.8, 4) is 11.5 Å². The van der Waals surface area contributed by atoms with E-state index in [1.165, 1.54) is 30.9 Å². The first-order valence-electron chi connectivity index (χ1n) is 6.16. The van der Waals surface area contributed by atoms with Gasteiger partial charge in [0.15, 0.2) is 0 Å². The number of hydrogen-bond acceptors (Lipinski definition) is 5. The van der Waals surface area contributed by atoms with Crippen LogP contribution < -0.4 is 14.8 Å². The Bertz CT molecular complexity index is 529. The molecule has 1 atom stereocenters. The lowest BCUT2D eigenvalue weighted by molar-refractivity contribution is -0.140. The van der Waals surface area contributed by atoms with Crippen LogP contribution in [0.4, 0.5) is 10.5 Å². The molecule has 2 rings (SSSR count). The quantitative estimate of drug-likeness (QED) is 0.879. The molecule has 0 bridgehead atoms. The lowest BCUT2D eigenvalue weighted by Crippen LogP contribution is -2.43. The number of nitrogens with one attached hydrogen (secondary N) is 1. The maximum atomic E-state index is 12.2. The molecule has 7 nitrogen and oxygen atoms in total. The van der Waals surface area contributed by atoms with Gasteiger partial charge in [-0.3, -0.25) is 0 Å². The summed E-state index contributed by atoms with van der Waals surface area (Å²) in [6.45, 7) is 0. The molecule has 0 aromatic heterocycles. The number of thioether (sulfide) groups is 1. The van der Waals surface area contributed by atoms with Gasteiger partial charge in [-0.1, -0.05) is 0 Å². The maximum Gasteiger partial charge on any atom is 0.327 e. The van der Waals surface area contributed by atoms with Crippen molar-refractivity contribution >= 4 is 29.4 Å². The highest BCUT2D eigenvalue weighted by Crippen LogP contribution is 2.27. The summed E-state index contributed by atoms with van der Waals surface area (Å²) in [6.07, 6.45) is 0. The van der Waals surface area contributed by atoms with Crippen molar-refractivity contribution in [2.24, 2.45) is 0 Å². The topological polar surface area (TPSA) is 88.1 Å². The van der Waals surface area contributed by atoms with Gasteiger partial charge in [0.1, 0.15) is 17.5 Å². The fourth-order valence-electron chi connectivity index (χ4n) is 1.92. The molecule has 0 aliphatic carbocycles. The average molecular weight is 312 g/mol. The van der Waals surface area contributed by atoms with Crippen LogP contribution in [0.2, 0.25) is 0 Å². The molecule has 0 unspecified atom stereocenters. The van der Waals surface area contributed by atoms with Gasteiger partial charge in [0, 0.05) is 29.6 Å². The second kappa shape index (κ2) is 6.57. The van der Waals surface area contributed by atoms with Gasteiger partial charge in [-0.2, -0.15) is 0 Å². The molecule has 1 fully saturated rings. The number of carboxylic acids is 1. The Hall–Kier alpha value is -2.09. The maximum absolute atomic E-state index is 12.2. The van der Waals surface area contributed by atoms with Crippen LogP contribution in [0.1, 0.15) is 0 Å². The van der Waals surface area contributed by atoms with Crippen LogP contribution >= 0.6 is 11.8 Å². The van der Waals surface area contributed by atoms with E-state index in [1.807, 2.05) is 0 Å². The van der Waals surface area contributed by atoms with Gasteiger partial charge < -0.3 is 24.8 Å². The zero-order valence-corrected chi connectivity index (χ0v) is 12.5. The Labute approximate surface area is 126 Å². The number of rotatable bonds is 4. The monoisotopic (exact) mass is 312 g/mol. The number of benzene rings is 1. The predicted molar refractivity (Wildman–Crippen MR) is 79.2 cm³/mol. The lowest BCUT2D eigenvalue weighted by Gasteiger charge is -2.21. The van der Waals surface area contributed by atoms with Gasteiger partial charge in [-0.15, -0.1) is 11.8 Å². The molecule has 1 aliphatic heterocycles. The largest absolute Gasteiger partial charge is 0.497 e. The smallest absolute Gasteiger partial charge is 0.327 e. The van der Waals surface area contributed by atoms with Crippen LogP contribution in [0.3, 0.4) is 0 Å². The third-order valence-corrected chi connectivity index (χ3v) is 4.04. The molecule has 1 heterocycles. The second-order valence-electron chi connectivity index (χ2n) is 4.36. The number of methoxy groups -OCH3 is 2. The molecule has 1 aromatic carbocycles. The van der Waals surface area contributed by atoms with E-state index in [-0.39, 0.29) is 0 Å². The number of hydrogen-bond donors (Lipinski definition) is 2. The van der Waals surface area contributed by atoms with E-state index in [4.69, 9.17) is 14.6 Å². The molecular formula is C13H16N2O5S. The Kier molecular flexibility index (Phi) is 4.79.